The maximum atomic E-state index is 5.80. The topological polar surface area (TPSA) is 50.9 Å². The largest absolute Gasteiger partial charge is 0.396 e. The van der Waals surface area contributed by atoms with Gasteiger partial charge in [-0.1, -0.05) is 6.92 Å². The molecule has 3 N–H and O–H groups in total. The Bertz CT molecular complexity index is 283. The Balaban J connectivity index is 2.77. The van der Waals surface area contributed by atoms with Crippen molar-refractivity contribution in [2.75, 3.05) is 11.1 Å². The number of hydrogen-bond acceptors (Lipinski definition) is 3. The van der Waals surface area contributed by atoms with E-state index in [1.54, 1.807) is 0 Å². The van der Waals surface area contributed by atoms with Gasteiger partial charge < -0.3 is 11.1 Å². The normalized spacial score (nSPS) is 12.5. The van der Waals surface area contributed by atoms with Crippen LogP contribution < -0.4 is 11.1 Å². The van der Waals surface area contributed by atoms with E-state index in [0.717, 1.165) is 23.5 Å². The molecule has 1 unspecified atom stereocenters. The second kappa shape index (κ2) is 4.12. The van der Waals surface area contributed by atoms with Crippen LogP contribution in [-0.2, 0) is 0 Å². The Hall–Kier alpha value is -1.25. The molecule has 0 spiro atoms. The van der Waals surface area contributed by atoms with Crippen LogP contribution in [0, 0.1) is 6.92 Å². The monoisotopic (exact) mass is 179 g/mol. The molecule has 0 saturated heterocycles. The standard InChI is InChI=1S/C10H17N3/c1-4-8(3)13-10-9(11)5-7(2)6-12-10/h5-6,8H,4,11H2,1-3H3,(H,12,13). The van der Waals surface area contributed by atoms with E-state index in [9.17, 15) is 0 Å². The number of pyridine rings is 1. The summed E-state index contributed by atoms with van der Waals surface area (Å²) < 4.78 is 0. The molecule has 0 amide bonds. The van der Waals surface area contributed by atoms with Crippen LogP contribution in [0.5, 0.6) is 0 Å². The summed E-state index contributed by atoms with van der Waals surface area (Å²) in [6, 6.07) is 2.34. The van der Waals surface area contributed by atoms with Gasteiger partial charge in [-0.05, 0) is 31.9 Å². The smallest absolute Gasteiger partial charge is 0.149 e. The van der Waals surface area contributed by atoms with E-state index in [1.165, 1.54) is 0 Å². The van der Waals surface area contributed by atoms with Crippen LogP contribution in [0.4, 0.5) is 11.5 Å². The van der Waals surface area contributed by atoms with Crippen molar-refractivity contribution in [1.82, 2.24) is 4.98 Å². The van der Waals surface area contributed by atoms with E-state index in [2.05, 4.69) is 24.1 Å². The predicted octanol–water partition coefficient (Wildman–Crippen LogP) is 2.18. The van der Waals surface area contributed by atoms with Crippen molar-refractivity contribution in [1.29, 1.82) is 0 Å². The van der Waals surface area contributed by atoms with Crippen LogP contribution >= 0.6 is 0 Å². The number of nitrogens with zero attached hydrogens (tertiary/aromatic N) is 1. The Morgan fingerprint density at radius 3 is 2.85 bits per heavy atom. The summed E-state index contributed by atoms with van der Waals surface area (Å²) in [7, 11) is 0. The van der Waals surface area contributed by atoms with E-state index in [-0.39, 0.29) is 0 Å². The van der Waals surface area contributed by atoms with E-state index in [0.29, 0.717) is 6.04 Å². The first kappa shape index (κ1) is 9.84. The number of hydrogen-bond donors (Lipinski definition) is 2. The van der Waals surface area contributed by atoms with Crippen LogP contribution in [0.25, 0.3) is 0 Å². The van der Waals surface area contributed by atoms with Crippen molar-refractivity contribution in [2.24, 2.45) is 0 Å². The van der Waals surface area contributed by atoms with Crippen molar-refractivity contribution in [3.63, 3.8) is 0 Å². The molecule has 1 heterocycles. The number of nitrogen functional groups attached to an aromatic ring is 1. The lowest BCUT2D eigenvalue weighted by molar-refractivity contribution is 0.759. The molecule has 0 aromatic carbocycles. The summed E-state index contributed by atoms with van der Waals surface area (Å²) >= 11 is 0. The number of anilines is 2. The van der Waals surface area contributed by atoms with Crippen molar-refractivity contribution in [3.8, 4) is 0 Å². The highest BCUT2D eigenvalue weighted by Crippen LogP contribution is 2.16. The van der Waals surface area contributed by atoms with Gasteiger partial charge in [0.25, 0.3) is 0 Å². The van der Waals surface area contributed by atoms with Gasteiger partial charge in [0.1, 0.15) is 5.82 Å². The average molecular weight is 179 g/mol. The quantitative estimate of drug-likeness (QED) is 0.747. The molecule has 1 aromatic heterocycles. The predicted molar refractivity (Wildman–Crippen MR) is 56.8 cm³/mol. The fourth-order valence-corrected chi connectivity index (χ4v) is 1.05. The number of nitrogens with one attached hydrogen (secondary N) is 1. The Kier molecular flexibility index (Phi) is 3.12. The Labute approximate surface area is 79.4 Å². The Morgan fingerprint density at radius 2 is 2.31 bits per heavy atom. The first-order chi connectivity index (χ1) is 6.13. The molecule has 13 heavy (non-hydrogen) atoms. The van der Waals surface area contributed by atoms with Gasteiger partial charge in [-0.2, -0.15) is 0 Å². The zero-order valence-electron chi connectivity index (χ0n) is 8.46. The minimum Gasteiger partial charge on any atom is -0.396 e. The summed E-state index contributed by atoms with van der Waals surface area (Å²) in [5.74, 6) is 0.792. The molecule has 1 aromatic rings. The summed E-state index contributed by atoms with van der Waals surface area (Å²) in [5, 5.41) is 3.25. The van der Waals surface area contributed by atoms with Gasteiger partial charge in [0, 0.05) is 12.2 Å². The van der Waals surface area contributed by atoms with Crippen molar-refractivity contribution in [3.05, 3.63) is 17.8 Å². The lowest BCUT2D eigenvalue weighted by Gasteiger charge is -2.13. The average Bonchev–Trinajstić information content (AvgIpc) is 2.09. The second-order valence-electron chi connectivity index (χ2n) is 3.40. The minimum absolute atomic E-state index is 0.414. The lowest BCUT2D eigenvalue weighted by Crippen LogP contribution is -2.15. The molecule has 1 rings (SSSR count). The highest BCUT2D eigenvalue weighted by atomic mass is 15.0. The summed E-state index contributed by atoms with van der Waals surface area (Å²) in [4.78, 5) is 4.23. The van der Waals surface area contributed by atoms with Gasteiger partial charge in [0.05, 0.1) is 5.69 Å². The van der Waals surface area contributed by atoms with Gasteiger partial charge in [0.2, 0.25) is 0 Å². The number of aromatic nitrogens is 1. The fraction of sp³-hybridized carbons (Fsp3) is 0.500. The fourth-order valence-electron chi connectivity index (χ4n) is 1.05. The van der Waals surface area contributed by atoms with Crippen molar-refractivity contribution in [2.45, 2.75) is 33.2 Å². The summed E-state index contributed by atoms with van der Waals surface area (Å²) in [6.45, 7) is 6.22. The van der Waals surface area contributed by atoms with Crippen LogP contribution in [0.15, 0.2) is 12.3 Å². The SMILES string of the molecule is CCC(C)Nc1ncc(C)cc1N. The molecule has 1 atom stereocenters. The first-order valence-electron chi connectivity index (χ1n) is 4.62. The van der Waals surface area contributed by atoms with E-state index < -0.39 is 0 Å². The number of nitrogens with two attached hydrogens (primary N) is 1. The molecule has 0 aliphatic carbocycles. The van der Waals surface area contributed by atoms with Crippen LogP contribution in [0.2, 0.25) is 0 Å². The second-order valence-corrected chi connectivity index (χ2v) is 3.40. The molecule has 0 aliphatic heterocycles. The maximum Gasteiger partial charge on any atom is 0.149 e. The van der Waals surface area contributed by atoms with Crippen LogP contribution in [0.1, 0.15) is 25.8 Å². The third kappa shape index (κ3) is 2.61. The first-order valence-corrected chi connectivity index (χ1v) is 4.62. The van der Waals surface area contributed by atoms with Gasteiger partial charge in [-0.15, -0.1) is 0 Å². The number of aryl methyl sites for hydroxylation is 1. The van der Waals surface area contributed by atoms with Crippen LogP contribution in [-0.4, -0.2) is 11.0 Å². The molecule has 0 saturated carbocycles. The molecular weight excluding hydrogens is 162 g/mol. The van der Waals surface area contributed by atoms with Gasteiger partial charge in [0.15, 0.2) is 0 Å². The van der Waals surface area contributed by atoms with E-state index >= 15 is 0 Å². The minimum atomic E-state index is 0.414. The lowest BCUT2D eigenvalue weighted by atomic mass is 10.2. The van der Waals surface area contributed by atoms with Crippen LogP contribution in [0.3, 0.4) is 0 Å². The maximum absolute atomic E-state index is 5.80. The molecule has 0 aliphatic rings. The summed E-state index contributed by atoms with van der Waals surface area (Å²) in [5.41, 5.74) is 7.61. The van der Waals surface area contributed by atoms with Gasteiger partial charge >= 0.3 is 0 Å². The van der Waals surface area contributed by atoms with E-state index in [1.807, 2.05) is 19.2 Å². The molecular formula is C10H17N3. The molecule has 72 valence electrons. The molecule has 0 fully saturated rings. The zero-order chi connectivity index (χ0) is 9.84. The molecule has 3 nitrogen and oxygen atoms in total. The highest BCUT2D eigenvalue weighted by Gasteiger charge is 2.03. The van der Waals surface area contributed by atoms with Crippen molar-refractivity contribution >= 4 is 11.5 Å². The molecule has 0 bridgehead atoms. The van der Waals surface area contributed by atoms with E-state index in [4.69, 9.17) is 5.73 Å². The van der Waals surface area contributed by atoms with Gasteiger partial charge in [-0.25, -0.2) is 4.98 Å². The third-order valence-corrected chi connectivity index (χ3v) is 2.05. The molecule has 3 heteroatoms. The van der Waals surface area contributed by atoms with Crippen molar-refractivity contribution < 1.29 is 0 Å². The highest BCUT2D eigenvalue weighted by molar-refractivity contribution is 5.61. The Morgan fingerprint density at radius 1 is 1.62 bits per heavy atom. The van der Waals surface area contributed by atoms with Gasteiger partial charge in [-0.3, -0.25) is 0 Å². The number of rotatable bonds is 3. The summed E-state index contributed by atoms with van der Waals surface area (Å²) in [6.07, 6.45) is 2.88. The third-order valence-electron chi connectivity index (χ3n) is 2.05. The zero-order valence-corrected chi connectivity index (χ0v) is 8.46. The molecule has 0 radical (unpaired) electrons.